The van der Waals surface area contributed by atoms with E-state index in [0.29, 0.717) is 0 Å². The van der Waals surface area contributed by atoms with E-state index in [0.717, 1.165) is 26.1 Å². The summed E-state index contributed by atoms with van der Waals surface area (Å²) >= 11 is 0. The van der Waals surface area contributed by atoms with Gasteiger partial charge in [0.2, 0.25) is 0 Å². The Morgan fingerprint density at radius 1 is 1.33 bits per heavy atom. The van der Waals surface area contributed by atoms with Gasteiger partial charge in [-0.05, 0) is 25.6 Å². The fraction of sp³-hybridized carbons (Fsp3) is 0.417. The van der Waals surface area contributed by atoms with E-state index < -0.39 is 0 Å². The van der Waals surface area contributed by atoms with Gasteiger partial charge in [0.15, 0.2) is 0 Å². The molecule has 2 N–H and O–H groups in total. The molecule has 0 fully saturated rings. The van der Waals surface area contributed by atoms with Crippen molar-refractivity contribution in [2.45, 2.75) is 13.0 Å². The van der Waals surface area contributed by atoms with Gasteiger partial charge in [-0.3, -0.25) is 4.99 Å². The molecular formula is C12H19N3. The van der Waals surface area contributed by atoms with Crippen LogP contribution in [0.25, 0.3) is 0 Å². The Kier molecular flexibility index (Phi) is 5.48. The van der Waals surface area contributed by atoms with Crippen LogP contribution < -0.4 is 5.73 Å². The average Bonchev–Trinajstić information content (AvgIpc) is 2.26. The molecule has 1 rings (SSSR count). The molecule has 0 heterocycles. The number of aliphatic imine (C=N–C) groups is 1. The third kappa shape index (κ3) is 5.18. The smallest absolute Gasteiger partial charge is 0.0797 e. The minimum absolute atomic E-state index is 0.815. The third-order valence-electron chi connectivity index (χ3n) is 2.23. The summed E-state index contributed by atoms with van der Waals surface area (Å²) in [4.78, 5) is 6.27. The number of hydrogen-bond donors (Lipinski definition) is 1. The Balaban J connectivity index is 2.21. The van der Waals surface area contributed by atoms with Crippen molar-refractivity contribution in [3.8, 4) is 0 Å². The maximum Gasteiger partial charge on any atom is 0.0797 e. The zero-order valence-electron chi connectivity index (χ0n) is 9.26. The van der Waals surface area contributed by atoms with Gasteiger partial charge >= 0.3 is 0 Å². The first-order valence-electron chi connectivity index (χ1n) is 5.25. The highest BCUT2D eigenvalue weighted by atomic mass is 15.1. The first-order chi connectivity index (χ1) is 7.33. The average molecular weight is 205 g/mol. The molecule has 0 spiro atoms. The van der Waals surface area contributed by atoms with Crippen molar-refractivity contribution in [1.29, 1.82) is 0 Å². The predicted octanol–water partition coefficient (Wildman–Crippen LogP) is 1.50. The zero-order chi connectivity index (χ0) is 10.9. The van der Waals surface area contributed by atoms with Gasteiger partial charge in [0.25, 0.3) is 0 Å². The minimum Gasteiger partial charge on any atom is -0.390 e. The van der Waals surface area contributed by atoms with Crippen LogP contribution in [-0.4, -0.2) is 31.4 Å². The van der Waals surface area contributed by atoms with Crippen molar-refractivity contribution < 1.29 is 0 Å². The van der Waals surface area contributed by atoms with Crippen molar-refractivity contribution in [3.63, 3.8) is 0 Å². The Hall–Kier alpha value is -1.35. The summed E-state index contributed by atoms with van der Waals surface area (Å²) in [7, 11) is 2.12. The Labute approximate surface area is 91.6 Å². The summed E-state index contributed by atoms with van der Waals surface area (Å²) in [6.07, 6.45) is 2.42. The molecule has 3 nitrogen and oxygen atoms in total. The predicted molar refractivity (Wildman–Crippen MR) is 64.9 cm³/mol. The molecular weight excluding hydrogens is 186 g/mol. The molecule has 0 unspecified atom stereocenters. The molecule has 0 aliphatic rings. The monoisotopic (exact) mass is 205 g/mol. The van der Waals surface area contributed by atoms with E-state index in [4.69, 9.17) is 5.73 Å². The summed E-state index contributed by atoms with van der Waals surface area (Å²) in [5.41, 5.74) is 6.51. The van der Waals surface area contributed by atoms with Crippen LogP contribution in [0.5, 0.6) is 0 Å². The third-order valence-corrected chi connectivity index (χ3v) is 2.23. The molecule has 0 atom stereocenters. The lowest BCUT2D eigenvalue weighted by atomic mass is 10.2. The number of rotatable bonds is 6. The number of benzene rings is 1. The number of nitrogens with zero attached hydrogens (tertiary/aromatic N) is 2. The Bertz CT molecular complexity index is 282. The lowest BCUT2D eigenvalue weighted by Crippen LogP contribution is -2.19. The maximum absolute atomic E-state index is 5.16. The Morgan fingerprint density at radius 2 is 2.07 bits per heavy atom. The van der Waals surface area contributed by atoms with Crippen LogP contribution in [0.15, 0.2) is 35.3 Å². The molecule has 1 aromatic carbocycles. The topological polar surface area (TPSA) is 41.6 Å². The molecule has 0 aromatic heterocycles. The van der Waals surface area contributed by atoms with E-state index in [1.165, 1.54) is 11.9 Å². The van der Waals surface area contributed by atoms with Gasteiger partial charge in [-0.1, -0.05) is 30.3 Å². The van der Waals surface area contributed by atoms with Crippen LogP contribution in [0.4, 0.5) is 0 Å². The fourth-order valence-corrected chi connectivity index (χ4v) is 1.48. The first-order valence-corrected chi connectivity index (χ1v) is 5.25. The zero-order valence-corrected chi connectivity index (χ0v) is 9.26. The van der Waals surface area contributed by atoms with Gasteiger partial charge < -0.3 is 10.6 Å². The van der Waals surface area contributed by atoms with E-state index in [-0.39, 0.29) is 0 Å². The molecule has 0 saturated carbocycles. The Morgan fingerprint density at radius 3 is 2.73 bits per heavy atom. The van der Waals surface area contributed by atoms with Crippen LogP contribution >= 0.6 is 0 Å². The van der Waals surface area contributed by atoms with Crippen molar-refractivity contribution in [3.05, 3.63) is 35.9 Å². The summed E-state index contributed by atoms with van der Waals surface area (Å²) in [6, 6.07) is 10.5. The second-order valence-corrected chi connectivity index (χ2v) is 3.63. The van der Waals surface area contributed by atoms with E-state index in [1.807, 2.05) is 6.07 Å². The van der Waals surface area contributed by atoms with E-state index in [2.05, 4.69) is 41.2 Å². The molecule has 3 heteroatoms. The summed E-state index contributed by atoms with van der Waals surface area (Å²) < 4.78 is 0. The van der Waals surface area contributed by atoms with E-state index in [9.17, 15) is 0 Å². The quantitative estimate of drug-likeness (QED) is 0.434. The highest BCUT2D eigenvalue weighted by Gasteiger charge is 1.98. The van der Waals surface area contributed by atoms with Gasteiger partial charge in [-0.25, -0.2) is 0 Å². The lowest BCUT2D eigenvalue weighted by molar-refractivity contribution is 0.324. The van der Waals surface area contributed by atoms with Crippen LogP contribution in [0.3, 0.4) is 0 Å². The van der Waals surface area contributed by atoms with E-state index >= 15 is 0 Å². The second kappa shape index (κ2) is 7.01. The molecule has 0 saturated heterocycles. The normalized spacial score (nSPS) is 11.3. The van der Waals surface area contributed by atoms with Crippen LogP contribution in [0.2, 0.25) is 0 Å². The van der Waals surface area contributed by atoms with Crippen LogP contribution in [0, 0.1) is 0 Å². The molecule has 1 aromatic rings. The lowest BCUT2D eigenvalue weighted by Gasteiger charge is -2.15. The van der Waals surface area contributed by atoms with Gasteiger partial charge in [0, 0.05) is 13.1 Å². The molecule has 0 aliphatic carbocycles. The van der Waals surface area contributed by atoms with Crippen molar-refractivity contribution in [2.24, 2.45) is 10.7 Å². The minimum atomic E-state index is 0.815. The van der Waals surface area contributed by atoms with Gasteiger partial charge in [0.05, 0.1) is 6.34 Å². The highest BCUT2D eigenvalue weighted by Crippen LogP contribution is 2.02. The SMILES string of the molecule is CN(CCCN=CN)Cc1ccccc1. The van der Waals surface area contributed by atoms with E-state index in [1.54, 1.807) is 0 Å². The summed E-state index contributed by atoms with van der Waals surface area (Å²) in [5.74, 6) is 0. The first kappa shape index (κ1) is 11.7. The van der Waals surface area contributed by atoms with Gasteiger partial charge in [0.1, 0.15) is 0 Å². The molecule has 0 bridgehead atoms. The van der Waals surface area contributed by atoms with Gasteiger partial charge in [-0.15, -0.1) is 0 Å². The molecule has 15 heavy (non-hydrogen) atoms. The maximum atomic E-state index is 5.16. The number of hydrogen-bond acceptors (Lipinski definition) is 2. The fourth-order valence-electron chi connectivity index (χ4n) is 1.48. The largest absolute Gasteiger partial charge is 0.390 e. The molecule has 0 amide bonds. The van der Waals surface area contributed by atoms with Crippen molar-refractivity contribution in [1.82, 2.24) is 4.90 Å². The number of nitrogens with two attached hydrogens (primary N) is 1. The summed E-state index contributed by atoms with van der Waals surface area (Å²) in [5, 5.41) is 0. The van der Waals surface area contributed by atoms with Crippen molar-refractivity contribution >= 4 is 6.34 Å². The molecule has 0 radical (unpaired) electrons. The molecule has 0 aliphatic heterocycles. The summed E-state index contributed by atoms with van der Waals surface area (Å²) in [6.45, 7) is 2.86. The molecule has 82 valence electrons. The second-order valence-electron chi connectivity index (χ2n) is 3.63. The van der Waals surface area contributed by atoms with Crippen LogP contribution in [0.1, 0.15) is 12.0 Å². The standard InChI is InChI=1S/C12H19N3/c1-15(9-5-8-14-11-13)10-12-6-3-2-4-7-12/h2-4,6-7,11H,5,8-10H2,1H3,(H2,13,14). The van der Waals surface area contributed by atoms with Crippen LogP contribution in [-0.2, 0) is 6.54 Å². The van der Waals surface area contributed by atoms with Crippen molar-refractivity contribution in [2.75, 3.05) is 20.1 Å². The highest BCUT2D eigenvalue weighted by molar-refractivity contribution is 5.50. The van der Waals surface area contributed by atoms with Gasteiger partial charge in [-0.2, -0.15) is 0 Å².